The minimum Gasteiger partial charge on any atom is -0.497 e. The third-order valence-corrected chi connectivity index (χ3v) is 5.55. The van der Waals surface area contributed by atoms with Crippen molar-refractivity contribution in [3.63, 3.8) is 0 Å². The fourth-order valence-electron chi connectivity index (χ4n) is 3.11. The molecule has 124 valence electrons. The Bertz CT molecular complexity index is 959. The van der Waals surface area contributed by atoms with Gasteiger partial charge in [-0.25, -0.2) is 4.98 Å². The maximum absolute atomic E-state index is 12.7. The van der Waals surface area contributed by atoms with Crippen LogP contribution in [-0.4, -0.2) is 16.8 Å². The average molecular weight is 342 g/mol. The van der Waals surface area contributed by atoms with Gasteiger partial charge in [0, 0.05) is 10.6 Å². The lowest BCUT2D eigenvalue weighted by molar-refractivity contribution is 0.415. The normalized spacial score (nSPS) is 13.7. The number of anilines is 2. The number of nitrogen functional groups attached to an aromatic ring is 1. The first kappa shape index (κ1) is 15.0. The second-order valence-corrected chi connectivity index (χ2v) is 6.94. The van der Waals surface area contributed by atoms with Gasteiger partial charge in [-0.3, -0.25) is 4.79 Å². The molecule has 4 rings (SSSR count). The van der Waals surface area contributed by atoms with Gasteiger partial charge in [-0.2, -0.15) is 4.68 Å². The fraction of sp³-hybridized carbons (Fsp3) is 0.294. The van der Waals surface area contributed by atoms with Crippen LogP contribution in [0.4, 0.5) is 11.6 Å². The van der Waals surface area contributed by atoms with Gasteiger partial charge in [-0.15, -0.1) is 11.3 Å². The topological polar surface area (TPSA) is 82.2 Å². The van der Waals surface area contributed by atoms with Crippen LogP contribution in [0.1, 0.15) is 23.3 Å². The molecule has 0 atom stereocenters. The van der Waals surface area contributed by atoms with E-state index in [1.54, 1.807) is 18.4 Å². The zero-order chi connectivity index (χ0) is 16.7. The minimum atomic E-state index is -0.185. The third kappa shape index (κ3) is 2.41. The Morgan fingerprint density at radius 2 is 2.00 bits per heavy atom. The van der Waals surface area contributed by atoms with Crippen molar-refractivity contribution in [2.24, 2.45) is 0 Å². The molecule has 2 heterocycles. The lowest BCUT2D eigenvalue weighted by Gasteiger charge is -2.12. The summed E-state index contributed by atoms with van der Waals surface area (Å²) in [6, 6.07) is 7.39. The van der Waals surface area contributed by atoms with Crippen molar-refractivity contribution in [1.29, 1.82) is 0 Å². The van der Waals surface area contributed by atoms with E-state index in [9.17, 15) is 4.79 Å². The SMILES string of the molecule is COc1ccc(Nc2nc3sc4c(c3c(=O)n2N)CCCC4)cc1. The highest BCUT2D eigenvalue weighted by atomic mass is 32.1. The van der Waals surface area contributed by atoms with E-state index in [1.165, 1.54) is 11.3 Å². The quantitative estimate of drug-likeness (QED) is 0.715. The second-order valence-electron chi connectivity index (χ2n) is 5.86. The predicted molar refractivity (Wildman–Crippen MR) is 96.9 cm³/mol. The van der Waals surface area contributed by atoms with Crippen LogP contribution in [0, 0.1) is 0 Å². The van der Waals surface area contributed by atoms with Crippen LogP contribution >= 0.6 is 11.3 Å². The number of nitrogens with one attached hydrogen (secondary N) is 1. The number of aryl methyl sites for hydroxylation is 2. The number of benzene rings is 1. The van der Waals surface area contributed by atoms with Gasteiger partial charge in [0.2, 0.25) is 5.95 Å². The van der Waals surface area contributed by atoms with Crippen LogP contribution in [0.15, 0.2) is 29.1 Å². The molecular formula is C17H18N4O2S. The van der Waals surface area contributed by atoms with Crippen molar-refractivity contribution >= 4 is 33.2 Å². The molecule has 0 bridgehead atoms. The maximum atomic E-state index is 12.7. The Morgan fingerprint density at radius 1 is 1.25 bits per heavy atom. The summed E-state index contributed by atoms with van der Waals surface area (Å²) in [5, 5.41) is 3.81. The molecule has 1 aromatic carbocycles. The van der Waals surface area contributed by atoms with Crippen molar-refractivity contribution in [2.75, 3.05) is 18.3 Å². The lowest BCUT2D eigenvalue weighted by Crippen LogP contribution is -2.30. The Balaban J connectivity index is 1.78. The Hall–Kier alpha value is -2.54. The number of methoxy groups -OCH3 is 1. The Kier molecular flexibility index (Phi) is 3.65. The molecule has 6 nitrogen and oxygen atoms in total. The van der Waals surface area contributed by atoms with Crippen molar-refractivity contribution in [3.05, 3.63) is 45.1 Å². The standard InChI is InChI=1S/C17H18N4O2S/c1-23-11-8-6-10(7-9-11)19-17-20-15-14(16(22)21(17)18)12-4-2-3-5-13(12)24-15/h6-9H,2-5,18H2,1H3,(H,19,20). The summed E-state index contributed by atoms with van der Waals surface area (Å²) >= 11 is 1.61. The van der Waals surface area contributed by atoms with Gasteiger partial charge in [0.15, 0.2) is 0 Å². The van der Waals surface area contributed by atoms with E-state index in [4.69, 9.17) is 10.6 Å². The van der Waals surface area contributed by atoms with E-state index in [0.29, 0.717) is 11.3 Å². The van der Waals surface area contributed by atoms with Crippen LogP contribution in [0.3, 0.4) is 0 Å². The second kappa shape index (κ2) is 5.83. The Labute approximate surface area is 142 Å². The number of hydrogen-bond acceptors (Lipinski definition) is 6. The number of thiophene rings is 1. The minimum absolute atomic E-state index is 0.185. The highest BCUT2D eigenvalue weighted by Crippen LogP contribution is 2.34. The van der Waals surface area contributed by atoms with Gasteiger partial charge in [-0.1, -0.05) is 0 Å². The molecule has 0 unspecified atom stereocenters. The first-order valence-electron chi connectivity index (χ1n) is 7.91. The van der Waals surface area contributed by atoms with E-state index in [0.717, 1.165) is 45.8 Å². The van der Waals surface area contributed by atoms with Crippen molar-refractivity contribution < 1.29 is 4.74 Å². The largest absolute Gasteiger partial charge is 0.497 e. The zero-order valence-corrected chi connectivity index (χ0v) is 14.2. The molecular weight excluding hydrogens is 324 g/mol. The third-order valence-electron chi connectivity index (χ3n) is 4.37. The van der Waals surface area contributed by atoms with Gasteiger partial charge < -0.3 is 15.9 Å². The fourth-order valence-corrected chi connectivity index (χ4v) is 4.36. The van der Waals surface area contributed by atoms with Crippen LogP contribution < -0.4 is 21.5 Å². The van der Waals surface area contributed by atoms with E-state index in [1.807, 2.05) is 24.3 Å². The molecule has 1 aliphatic rings. The monoisotopic (exact) mass is 342 g/mol. The van der Waals surface area contributed by atoms with Crippen molar-refractivity contribution in [1.82, 2.24) is 9.66 Å². The summed E-state index contributed by atoms with van der Waals surface area (Å²) in [6.07, 6.45) is 4.27. The summed E-state index contributed by atoms with van der Waals surface area (Å²) < 4.78 is 6.25. The van der Waals surface area contributed by atoms with Crippen LogP contribution in [0.2, 0.25) is 0 Å². The molecule has 0 spiro atoms. The van der Waals surface area contributed by atoms with Crippen LogP contribution in [-0.2, 0) is 12.8 Å². The first-order valence-corrected chi connectivity index (χ1v) is 8.72. The van der Waals surface area contributed by atoms with Gasteiger partial charge in [-0.05, 0) is 55.5 Å². The summed E-state index contributed by atoms with van der Waals surface area (Å²) in [6.45, 7) is 0. The summed E-state index contributed by atoms with van der Waals surface area (Å²) in [7, 11) is 1.62. The molecule has 0 fully saturated rings. The highest BCUT2D eigenvalue weighted by molar-refractivity contribution is 7.18. The van der Waals surface area contributed by atoms with Crippen molar-refractivity contribution in [2.45, 2.75) is 25.7 Å². The summed E-state index contributed by atoms with van der Waals surface area (Å²) in [5.41, 5.74) is 1.76. The smallest absolute Gasteiger partial charge is 0.282 e. The number of ether oxygens (including phenoxy) is 1. The molecule has 0 radical (unpaired) electrons. The maximum Gasteiger partial charge on any atom is 0.282 e. The average Bonchev–Trinajstić information content (AvgIpc) is 2.98. The molecule has 3 aromatic rings. The molecule has 2 aromatic heterocycles. The number of rotatable bonds is 3. The Morgan fingerprint density at radius 3 is 2.75 bits per heavy atom. The number of fused-ring (bicyclic) bond motifs is 3. The van der Waals surface area contributed by atoms with E-state index >= 15 is 0 Å². The van der Waals surface area contributed by atoms with Gasteiger partial charge in [0.25, 0.3) is 5.56 Å². The molecule has 0 aliphatic heterocycles. The zero-order valence-electron chi connectivity index (χ0n) is 13.3. The molecule has 0 saturated heterocycles. The first-order chi connectivity index (χ1) is 11.7. The van der Waals surface area contributed by atoms with Crippen LogP contribution in [0.25, 0.3) is 10.2 Å². The summed E-state index contributed by atoms with van der Waals surface area (Å²) in [5.74, 6) is 7.11. The molecule has 1 aliphatic carbocycles. The number of hydrogen-bond donors (Lipinski definition) is 2. The van der Waals surface area contributed by atoms with Crippen molar-refractivity contribution in [3.8, 4) is 5.75 Å². The number of aromatic nitrogens is 2. The van der Waals surface area contributed by atoms with Crippen LogP contribution in [0.5, 0.6) is 5.75 Å². The van der Waals surface area contributed by atoms with E-state index < -0.39 is 0 Å². The molecule has 3 N–H and O–H groups in total. The van der Waals surface area contributed by atoms with E-state index in [2.05, 4.69) is 10.3 Å². The molecule has 0 saturated carbocycles. The predicted octanol–water partition coefficient (Wildman–Crippen LogP) is 2.80. The number of nitrogens with zero attached hydrogens (tertiary/aromatic N) is 2. The van der Waals surface area contributed by atoms with Gasteiger partial charge in [0.1, 0.15) is 10.6 Å². The number of nitrogens with two attached hydrogens (primary N) is 1. The molecule has 0 amide bonds. The van der Waals surface area contributed by atoms with Gasteiger partial charge >= 0.3 is 0 Å². The molecule has 24 heavy (non-hydrogen) atoms. The van der Waals surface area contributed by atoms with Gasteiger partial charge in [0.05, 0.1) is 12.5 Å². The van der Waals surface area contributed by atoms with E-state index in [-0.39, 0.29) is 5.56 Å². The lowest BCUT2D eigenvalue weighted by atomic mass is 9.97. The molecule has 7 heteroatoms. The highest BCUT2D eigenvalue weighted by Gasteiger charge is 2.21. The summed E-state index contributed by atoms with van der Waals surface area (Å²) in [4.78, 5) is 19.4.